The quantitative estimate of drug-likeness (QED) is 0.562. The highest BCUT2D eigenvalue weighted by Gasteiger charge is 1.79. The molecule has 0 aliphatic rings. The molecule has 16 heavy (non-hydrogen) atoms. The standard InChI is InChI=1S/C11H12.C3H8.C2H6/c1-2-3-5-8-11-9-6-4-7-10-11;1-3-2;1-2/h4,6-7,9-10H,2-3H2,1H3;3H2,1-2H3;1-2H3. The molecule has 0 aliphatic heterocycles. The second-order valence-corrected chi connectivity index (χ2v) is 3.12. The van der Waals surface area contributed by atoms with Crippen LogP contribution in [-0.2, 0) is 0 Å². The summed E-state index contributed by atoms with van der Waals surface area (Å²) >= 11 is 0. The van der Waals surface area contributed by atoms with E-state index in [4.69, 9.17) is 0 Å². The molecule has 0 aliphatic carbocycles. The van der Waals surface area contributed by atoms with Gasteiger partial charge in [0.2, 0.25) is 0 Å². The minimum atomic E-state index is 0.995. The zero-order chi connectivity index (χ0) is 12.6. The van der Waals surface area contributed by atoms with Crippen molar-refractivity contribution in [3.63, 3.8) is 0 Å². The molecule has 0 saturated heterocycles. The van der Waals surface area contributed by atoms with Gasteiger partial charge in [0.25, 0.3) is 0 Å². The van der Waals surface area contributed by atoms with Crippen molar-refractivity contribution >= 4 is 0 Å². The first-order valence-corrected chi connectivity index (χ1v) is 6.39. The van der Waals surface area contributed by atoms with E-state index < -0.39 is 0 Å². The van der Waals surface area contributed by atoms with E-state index in [2.05, 4.69) is 32.6 Å². The van der Waals surface area contributed by atoms with Crippen LogP contribution in [0.2, 0.25) is 0 Å². The molecular formula is C16H26. The van der Waals surface area contributed by atoms with Crippen LogP contribution >= 0.6 is 0 Å². The molecule has 1 aromatic rings. The van der Waals surface area contributed by atoms with E-state index in [9.17, 15) is 0 Å². The Morgan fingerprint density at radius 1 is 0.938 bits per heavy atom. The number of rotatable bonds is 1. The summed E-state index contributed by atoms with van der Waals surface area (Å²) in [5, 5.41) is 0. The zero-order valence-electron chi connectivity index (χ0n) is 11.5. The van der Waals surface area contributed by atoms with Crippen LogP contribution in [0.5, 0.6) is 0 Å². The van der Waals surface area contributed by atoms with Gasteiger partial charge >= 0.3 is 0 Å². The molecule has 90 valence electrons. The van der Waals surface area contributed by atoms with Gasteiger partial charge in [-0.3, -0.25) is 0 Å². The topological polar surface area (TPSA) is 0 Å². The van der Waals surface area contributed by atoms with Gasteiger partial charge in [0, 0.05) is 12.0 Å². The Labute approximate surface area is 102 Å². The van der Waals surface area contributed by atoms with Crippen LogP contribution in [0.4, 0.5) is 0 Å². The Balaban J connectivity index is 0. The third-order valence-electron chi connectivity index (χ3n) is 1.38. The third kappa shape index (κ3) is 12.8. The van der Waals surface area contributed by atoms with Crippen LogP contribution in [0.25, 0.3) is 0 Å². The molecule has 0 atom stereocenters. The highest BCUT2D eigenvalue weighted by molar-refractivity contribution is 5.33. The summed E-state index contributed by atoms with van der Waals surface area (Å²) < 4.78 is 0. The molecule has 1 aromatic carbocycles. The van der Waals surface area contributed by atoms with Gasteiger partial charge in [-0.05, 0) is 18.6 Å². The first-order valence-electron chi connectivity index (χ1n) is 6.39. The summed E-state index contributed by atoms with van der Waals surface area (Å²) in [6.45, 7) is 10.4. The SMILES string of the molecule is CC.CCC.CCCC#Cc1ccccc1. The van der Waals surface area contributed by atoms with Gasteiger partial charge in [-0.25, -0.2) is 0 Å². The molecule has 0 radical (unpaired) electrons. The van der Waals surface area contributed by atoms with Crippen LogP contribution in [0.1, 0.15) is 59.4 Å². The highest BCUT2D eigenvalue weighted by atomic mass is 13.8. The summed E-state index contributed by atoms with van der Waals surface area (Å²) in [6.07, 6.45) is 3.38. The Morgan fingerprint density at radius 2 is 1.44 bits per heavy atom. The summed E-state index contributed by atoms with van der Waals surface area (Å²) in [5.41, 5.74) is 1.11. The maximum atomic E-state index is 3.10. The second-order valence-electron chi connectivity index (χ2n) is 3.12. The van der Waals surface area contributed by atoms with Crippen molar-refractivity contribution in [3.05, 3.63) is 35.9 Å². The van der Waals surface area contributed by atoms with E-state index in [1.165, 1.54) is 6.42 Å². The maximum Gasteiger partial charge on any atom is 0.0245 e. The first-order chi connectivity index (χ1) is 7.85. The predicted octanol–water partition coefficient (Wildman–Crippen LogP) is 5.28. The lowest BCUT2D eigenvalue weighted by molar-refractivity contribution is 0.983. The predicted molar refractivity (Wildman–Crippen MR) is 75.5 cm³/mol. The van der Waals surface area contributed by atoms with E-state index in [-0.39, 0.29) is 0 Å². The smallest absolute Gasteiger partial charge is 0.0245 e. The Morgan fingerprint density at radius 3 is 1.88 bits per heavy atom. The fraction of sp³-hybridized carbons (Fsp3) is 0.500. The molecule has 1 rings (SSSR count). The number of unbranched alkanes of at least 4 members (excludes halogenated alkanes) is 1. The minimum Gasteiger partial charge on any atom is -0.0979 e. The molecule has 0 unspecified atom stereocenters. The largest absolute Gasteiger partial charge is 0.0979 e. The van der Waals surface area contributed by atoms with Crippen molar-refractivity contribution in [2.75, 3.05) is 0 Å². The number of hydrogen-bond donors (Lipinski definition) is 0. The van der Waals surface area contributed by atoms with E-state index in [1.54, 1.807) is 0 Å². The summed E-state index contributed by atoms with van der Waals surface area (Å²) in [7, 11) is 0. The van der Waals surface area contributed by atoms with E-state index in [1.807, 2.05) is 44.2 Å². The average molecular weight is 218 g/mol. The molecule has 0 spiro atoms. The molecule has 0 heteroatoms. The summed E-state index contributed by atoms with van der Waals surface area (Å²) in [6, 6.07) is 10.1. The lowest BCUT2D eigenvalue weighted by Crippen LogP contribution is -1.70. The monoisotopic (exact) mass is 218 g/mol. The van der Waals surface area contributed by atoms with Gasteiger partial charge in [0.1, 0.15) is 0 Å². The van der Waals surface area contributed by atoms with Crippen LogP contribution < -0.4 is 0 Å². The van der Waals surface area contributed by atoms with Gasteiger partial charge in [-0.15, -0.1) is 0 Å². The third-order valence-corrected chi connectivity index (χ3v) is 1.38. The molecule has 0 bridgehead atoms. The second kappa shape index (κ2) is 16.2. The highest BCUT2D eigenvalue weighted by Crippen LogP contribution is 1.95. The molecule has 0 saturated carbocycles. The zero-order valence-corrected chi connectivity index (χ0v) is 11.5. The molecule has 0 aromatic heterocycles. The van der Waals surface area contributed by atoms with Gasteiger partial charge < -0.3 is 0 Å². The maximum absolute atomic E-state index is 3.10. The summed E-state index contributed by atoms with van der Waals surface area (Å²) in [5.74, 6) is 6.20. The van der Waals surface area contributed by atoms with Gasteiger partial charge in [0.05, 0.1) is 0 Å². The molecule has 0 amide bonds. The molecule has 0 N–H and O–H groups in total. The van der Waals surface area contributed by atoms with Gasteiger partial charge in [-0.1, -0.05) is 71.1 Å². The van der Waals surface area contributed by atoms with E-state index in [0.717, 1.165) is 18.4 Å². The lowest BCUT2D eigenvalue weighted by Gasteiger charge is -1.85. The lowest BCUT2D eigenvalue weighted by atomic mass is 10.2. The van der Waals surface area contributed by atoms with Crippen molar-refractivity contribution in [1.29, 1.82) is 0 Å². The first kappa shape index (κ1) is 17.2. The molecule has 0 heterocycles. The van der Waals surface area contributed by atoms with Crippen LogP contribution in [-0.4, -0.2) is 0 Å². The Kier molecular flexibility index (Phi) is 17.4. The van der Waals surface area contributed by atoms with E-state index in [0.29, 0.717) is 0 Å². The molecule has 0 fully saturated rings. The number of hydrogen-bond acceptors (Lipinski definition) is 0. The summed E-state index contributed by atoms with van der Waals surface area (Å²) in [4.78, 5) is 0. The fourth-order valence-corrected chi connectivity index (χ4v) is 0.811. The number of benzene rings is 1. The minimum absolute atomic E-state index is 0.995. The van der Waals surface area contributed by atoms with Gasteiger partial charge in [-0.2, -0.15) is 0 Å². The van der Waals surface area contributed by atoms with Crippen molar-refractivity contribution in [3.8, 4) is 11.8 Å². The van der Waals surface area contributed by atoms with Crippen molar-refractivity contribution in [2.45, 2.75) is 53.9 Å². The Hall–Kier alpha value is -1.22. The van der Waals surface area contributed by atoms with Gasteiger partial charge in [0.15, 0.2) is 0 Å². The van der Waals surface area contributed by atoms with Crippen LogP contribution in [0, 0.1) is 11.8 Å². The van der Waals surface area contributed by atoms with Crippen molar-refractivity contribution < 1.29 is 0 Å². The molecular weight excluding hydrogens is 192 g/mol. The van der Waals surface area contributed by atoms with Crippen molar-refractivity contribution in [1.82, 2.24) is 0 Å². The van der Waals surface area contributed by atoms with Crippen LogP contribution in [0.15, 0.2) is 30.3 Å². The molecule has 0 nitrogen and oxygen atoms in total. The van der Waals surface area contributed by atoms with Crippen LogP contribution in [0.3, 0.4) is 0 Å². The normalized spacial score (nSPS) is 7.31. The van der Waals surface area contributed by atoms with E-state index >= 15 is 0 Å². The van der Waals surface area contributed by atoms with Crippen molar-refractivity contribution in [2.24, 2.45) is 0 Å². The fourth-order valence-electron chi connectivity index (χ4n) is 0.811. The average Bonchev–Trinajstić information content (AvgIpc) is 2.34. The Bertz CT molecular complexity index is 261.